The molecule has 3 N–H and O–H groups in total. The fourth-order valence-electron chi connectivity index (χ4n) is 1.55. The fourth-order valence-corrected chi connectivity index (χ4v) is 1.55. The Kier molecular flexibility index (Phi) is 4.31. The number of likely N-dealkylation sites (tertiary alicyclic amines) is 1. The monoisotopic (exact) mass is 201 g/mol. The molecule has 1 atom stereocenters. The lowest BCUT2D eigenvalue weighted by Crippen LogP contribution is -2.58. The van der Waals surface area contributed by atoms with E-state index in [2.05, 4.69) is 5.32 Å². The molecule has 1 fully saturated rings. The number of amides is 1. The molecule has 0 aliphatic carbocycles. The van der Waals surface area contributed by atoms with Crippen molar-refractivity contribution in [2.75, 3.05) is 33.4 Å². The quantitative estimate of drug-likeness (QED) is 0.585. The first-order valence-corrected chi connectivity index (χ1v) is 4.88. The van der Waals surface area contributed by atoms with Crippen LogP contribution in [0.2, 0.25) is 0 Å². The fraction of sp³-hybridized carbons (Fsp3) is 0.889. The molecule has 0 bridgehead atoms. The third-order valence-corrected chi connectivity index (χ3v) is 2.18. The van der Waals surface area contributed by atoms with Gasteiger partial charge >= 0.3 is 0 Å². The molecule has 1 unspecified atom stereocenters. The van der Waals surface area contributed by atoms with E-state index in [9.17, 15) is 4.79 Å². The molecule has 0 aromatic rings. The van der Waals surface area contributed by atoms with Crippen molar-refractivity contribution in [1.29, 1.82) is 0 Å². The maximum Gasteiger partial charge on any atom is 0.234 e. The molecule has 0 aromatic heterocycles. The Morgan fingerprint density at radius 3 is 2.86 bits per heavy atom. The first-order valence-electron chi connectivity index (χ1n) is 4.88. The van der Waals surface area contributed by atoms with Gasteiger partial charge < -0.3 is 15.8 Å². The van der Waals surface area contributed by atoms with E-state index in [0.29, 0.717) is 13.2 Å². The number of rotatable bonds is 5. The SMILES string of the molecule is COCC(C)NC(=O)CN1CC(N)C1. The number of hydrogen-bond donors (Lipinski definition) is 2. The molecule has 0 aromatic carbocycles. The number of methoxy groups -OCH3 is 1. The summed E-state index contributed by atoms with van der Waals surface area (Å²) in [6.45, 7) is 4.56. The minimum Gasteiger partial charge on any atom is -0.383 e. The van der Waals surface area contributed by atoms with Crippen LogP contribution < -0.4 is 11.1 Å². The summed E-state index contributed by atoms with van der Waals surface area (Å²) in [5.74, 6) is 0.0430. The molecular formula is C9H19N3O2. The van der Waals surface area contributed by atoms with Crippen molar-refractivity contribution < 1.29 is 9.53 Å². The number of carbonyl (C=O) groups is 1. The number of carbonyl (C=O) groups excluding carboxylic acids is 1. The van der Waals surface area contributed by atoms with Gasteiger partial charge in [0.2, 0.25) is 5.91 Å². The van der Waals surface area contributed by atoms with Crippen LogP contribution in [-0.4, -0.2) is 56.2 Å². The van der Waals surface area contributed by atoms with Crippen LogP contribution in [0, 0.1) is 0 Å². The molecule has 0 saturated carbocycles. The molecule has 1 saturated heterocycles. The van der Waals surface area contributed by atoms with Crippen molar-refractivity contribution in [3.05, 3.63) is 0 Å². The van der Waals surface area contributed by atoms with Crippen LogP contribution in [0.1, 0.15) is 6.92 Å². The highest BCUT2D eigenvalue weighted by atomic mass is 16.5. The number of ether oxygens (including phenoxy) is 1. The van der Waals surface area contributed by atoms with Gasteiger partial charge in [0.15, 0.2) is 0 Å². The lowest BCUT2D eigenvalue weighted by molar-refractivity contribution is -0.124. The van der Waals surface area contributed by atoms with Gasteiger partial charge in [0.05, 0.1) is 13.2 Å². The third-order valence-electron chi connectivity index (χ3n) is 2.18. The highest BCUT2D eigenvalue weighted by Gasteiger charge is 2.24. The summed E-state index contributed by atoms with van der Waals surface area (Å²) in [6.07, 6.45) is 0. The van der Waals surface area contributed by atoms with Crippen molar-refractivity contribution in [1.82, 2.24) is 10.2 Å². The van der Waals surface area contributed by atoms with Gasteiger partial charge in [-0.2, -0.15) is 0 Å². The van der Waals surface area contributed by atoms with Gasteiger partial charge in [-0.25, -0.2) is 0 Å². The zero-order valence-corrected chi connectivity index (χ0v) is 8.82. The Morgan fingerprint density at radius 2 is 2.36 bits per heavy atom. The summed E-state index contributed by atoms with van der Waals surface area (Å²) in [6, 6.07) is 0.321. The molecule has 82 valence electrons. The molecule has 0 spiro atoms. The Labute approximate surface area is 84.6 Å². The summed E-state index contributed by atoms with van der Waals surface area (Å²) < 4.78 is 4.92. The summed E-state index contributed by atoms with van der Waals surface area (Å²) in [7, 11) is 1.62. The summed E-state index contributed by atoms with van der Waals surface area (Å²) >= 11 is 0. The third kappa shape index (κ3) is 3.61. The highest BCUT2D eigenvalue weighted by molar-refractivity contribution is 5.78. The topological polar surface area (TPSA) is 67.6 Å². The maximum absolute atomic E-state index is 11.4. The second-order valence-electron chi connectivity index (χ2n) is 3.88. The van der Waals surface area contributed by atoms with Crippen LogP contribution >= 0.6 is 0 Å². The van der Waals surface area contributed by atoms with Crippen LogP contribution in [0.3, 0.4) is 0 Å². The molecule has 1 heterocycles. The summed E-state index contributed by atoms with van der Waals surface area (Å²) in [5.41, 5.74) is 5.60. The largest absolute Gasteiger partial charge is 0.383 e. The zero-order chi connectivity index (χ0) is 10.6. The Balaban J connectivity index is 2.09. The van der Waals surface area contributed by atoms with Crippen molar-refractivity contribution >= 4 is 5.91 Å². The second-order valence-corrected chi connectivity index (χ2v) is 3.88. The number of hydrogen-bond acceptors (Lipinski definition) is 4. The minimum atomic E-state index is 0.0430. The lowest BCUT2D eigenvalue weighted by Gasteiger charge is -2.36. The molecule has 1 aliphatic heterocycles. The van der Waals surface area contributed by atoms with E-state index >= 15 is 0 Å². The standard InChI is InChI=1S/C9H19N3O2/c1-7(6-14-2)11-9(13)5-12-3-8(10)4-12/h7-8H,3-6,10H2,1-2H3,(H,11,13). The Morgan fingerprint density at radius 1 is 1.71 bits per heavy atom. The predicted molar refractivity (Wildman–Crippen MR) is 53.9 cm³/mol. The predicted octanol–water partition coefficient (Wildman–Crippen LogP) is -1.22. The first-order chi connectivity index (χ1) is 6.61. The molecule has 5 nitrogen and oxygen atoms in total. The minimum absolute atomic E-state index is 0.0430. The molecule has 0 radical (unpaired) electrons. The van der Waals surface area contributed by atoms with Gasteiger partial charge in [-0.05, 0) is 6.92 Å². The van der Waals surface area contributed by atoms with E-state index in [1.807, 2.05) is 11.8 Å². The van der Waals surface area contributed by atoms with Crippen molar-refractivity contribution in [2.45, 2.75) is 19.0 Å². The number of nitrogens with one attached hydrogen (secondary N) is 1. The van der Waals surface area contributed by atoms with E-state index in [-0.39, 0.29) is 18.0 Å². The van der Waals surface area contributed by atoms with Gasteiger partial charge in [-0.1, -0.05) is 0 Å². The van der Waals surface area contributed by atoms with Gasteiger partial charge in [-0.3, -0.25) is 9.69 Å². The second kappa shape index (κ2) is 5.29. The zero-order valence-electron chi connectivity index (χ0n) is 8.82. The molecule has 1 amide bonds. The molecule has 5 heteroatoms. The lowest BCUT2D eigenvalue weighted by atomic mass is 10.1. The molecule has 1 aliphatic rings. The van der Waals surface area contributed by atoms with E-state index in [1.54, 1.807) is 7.11 Å². The van der Waals surface area contributed by atoms with E-state index in [1.165, 1.54) is 0 Å². The maximum atomic E-state index is 11.4. The van der Waals surface area contributed by atoms with E-state index < -0.39 is 0 Å². The normalized spacial score (nSPS) is 20.2. The molecule has 14 heavy (non-hydrogen) atoms. The van der Waals surface area contributed by atoms with E-state index in [0.717, 1.165) is 13.1 Å². The molecular weight excluding hydrogens is 182 g/mol. The van der Waals surface area contributed by atoms with Gasteiger partial charge in [0.1, 0.15) is 0 Å². The highest BCUT2D eigenvalue weighted by Crippen LogP contribution is 2.03. The van der Waals surface area contributed by atoms with Crippen LogP contribution in [0.5, 0.6) is 0 Å². The van der Waals surface area contributed by atoms with Crippen LogP contribution in [0.4, 0.5) is 0 Å². The van der Waals surface area contributed by atoms with Gasteiger partial charge in [0, 0.05) is 32.3 Å². The van der Waals surface area contributed by atoms with Crippen molar-refractivity contribution in [3.8, 4) is 0 Å². The van der Waals surface area contributed by atoms with Crippen molar-refractivity contribution in [2.24, 2.45) is 5.73 Å². The first kappa shape index (κ1) is 11.4. The van der Waals surface area contributed by atoms with Crippen molar-refractivity contribution in [3.63, 3.8) is 0 Å². The summed E-state index contributed by atoms with van der Waals surface area (Å²) in [4.78, 5) is 13.4. The van der Waals surface area contributed by atoms with Gasteiger partial charge in [-0.15, -0.1) is 0 Å². The van der Waals surface area contributed by atoms with Gasteiger partial charge in [0.25, 0.3) is 0 Å². The number of nitrogens with two attached hydrogens (primary N) is 1. The van der Waals surface area contributed by atoms with Crippen LogP contribution in [0.25, 0.3) is 0 Å². The average Bonchev–Trinajstić information content (AvgIpc) is 2.01. The van der Waals surface area contributed by atoms with E-state index in [4.69, 9.17) is 10.5 Å². The summed E-state index contributed by atoms with van der Waals surface area (Å²) in [5, 5.41) is 2.85. The Bertz CT molecular complexity index is 184. The number of nitrogens with zero attached hydrogens (tertiary/aromatic N) is 1. The smallest absolute Gasteiger partial charge is 0.234 e. The van der Waals surface area contributed by atoms with Crippen LogP contribution in [-0.2, 0) is 9.53 Å². The van der Waals surface area contributed by atoms with Crippen LogP contribution in [0.15, 0.2) is 0 Å². The Hall–Kier alpha value is -0.650. The molecule has 1 rings (SSSR count). The average molecular weight is 201 g/mol.